The number of ether oxygens (including phenoxy) is 1. The highest BCUT2D eigenvalue weighted by Crippen LogP contribution is 2.22. The molecule has 2 rings (SSSR count). The predicted molar refractivity (Wildman–Crippen MR) is 99.4 cm³/mol. The molecule has 11 heteroatoms. The summed E-state index contributed by atoms with van der Waals surface area (Å²) >= 11 is 0. The molecule has 0 radical (unpaired) electrons. The maximum atomic E-state index is 14.0. The molecule has 0 unspecified atom stereocenters. The summed E-state index contributed by atoms with van der Waals surface area (Å²) in [5.74, 6) is -2.68. The number of pyridine rings is 2. The molecule has 0 atom stereocenters. The number of aromatic nitrogens is 2. The van der Waals surface area contributed by atoms with E-state index in [0.717, 1.165) is 6.07 Å². The Balaban J connectivity index is 2.04. The molecule has 2 N–H and O–H groups in total. The summed E-state index contributed by atoms with van der Waals surface area (Å²) in [5, 5.41) is 5.13. The highest BCUT2D eigenvalue weighted by molar-refractivity contribution is 5.96. The molecule has 0 bridgehead atoms. The summed E-state index contributed by atoms with van der Waals surface area (Å²) in [5.41, 5.74) is 0.677. The Morgan fingerprint density at radius 2 is 1.93 bits per heavy atom. The first-order valence-electron chi connectivity index (χ1n) is 8.87. The quantitative estimate of drug-likeness (QED) is 0.660. The number of alkyl halides is 3. The van der Waals surface area contributed by atoms with Crippen LogP contribution < -0.4 is 15.4 Å². The van der Waals surface area contributed by atoms with Gasteiger partial charge >= 0.3 is 6.18 Å². The number of anilines is 1. The van der Waals surface area contributed by atoms with Gasteiger partial charge in [0.15, 0.2) is 12.4 Å². The highest BCUT2D eigenvalue weighted by Gasteiger charge is 2.29. The molecular formula is C19H20F4N4O3. The fourth-order valence-corrected chi connectivity index (χ4v) is 2.22. The van der Waals surface area contributed by atoms with Crippen LogP contribution in [-0.4, -0.2) is 34.6 Å². The molecule has 162 valence electrons. The standard InChI is InChI=1S/C19H20F4N4O3/c1-10(2)16(28)27-15-7-12(4-5-24-15)17(29)25-8-13-6-14(20)18(26-11(13)3)30-9-19(21,22)23/h4-7,10H,8-9H2,1-3H3,(H,25,29)(H,24,27,28). The van der Waals surface area contributed by atoms with Gasteiger partial charge in [-0.25, -0.2) is 14.4 Å². The molecule has 0 saturated heterocycles. The van der Waals surface area contributed by atoms with Crippen molar-refractivity contribution >= 4 is 17.6 Å². The number of hydrogen-bond donors (Lipinski definition) is 2. The molecule has 2 heterocycles. The lowest BCUT2D eigenvalue weighted by atomic mass is 10.2. The molecule has 0 aromatic carbocycles. The van der Waals surface area contributed by atoms with Crippen LogP contribution in [0.4, 0.5) is 23.4 Å². The van der Waals surface area contributed by atoms with Crippen molar-refractivity contribution in [2.75, 3.05) is 11.9 Å². The summed E-state index contributed by atoms with van der Waals surface area (Å²) in [7, 11) is 0. The molecule has 0 aliphatic rings. The Kier molecular flexibility index (Phi) is 7.30. The van der Waals surface area contributed by atoms with E-state index in [2.05, 4.69) is 25.3 Å². The van der Waals surface area contributed by atoms with Crippen molar-refractivity contribution < 1.29 is 31.9 Å². The van der Waals surface area contributed by atoms with Crippen LogP contribution in [-0.2, 0) is 11.3 Å². The topological polar surface area (TPSA) is 93.2 Å². The number of nitrogens with zero attached hydrogens (tertiary/aromatic N) is 2. The fraction of sp³-hybridized carbons (Fsp3) is 0.368. The second kappa shape index (κ2) is 9.51. The molecule has 30 heavy (non-hydrogen) atoms. The highest BCUT2D eigenvalue weighted by atomic mass is 19.4. The van der Waals surface area contributed by atoms with E-state index in [-0.39, 0.29) is 41.0 Å². The minimum atomic E-state index is -4.62. The molecule has 0 saturated carbocycles. The summed E-state index contributed by atoms with van der Waals surface area (Å²) in [6, 6.07) is 3.77. The lowest BCUT2D eigenvalue weighted by Crippen LogP contribution is -2.24. The van der Waals surface area contributed by atoms with E-state index >= 15 is 0 Å². The van der Waals surface area contributed by atoms with Crippen LogP contribution in [0.1, 0.15) is 35.5 Å². The third kappa shape index (κ3) is 6.68. The van der Waals surface area contributed by atoms with E-state index in [9.17, 15) is 27.2 Å². The summed E-state index contributed by atoms with van der Waals surface area (Å²) in [6.07, 6.45) is -3.27. The van der Waals surface area contributed by atoms with E-state index in [1.165, 1.54) is 25.3 Å². The Bertz CT molecular complexity index is 932. The number of nitrogens with one attached hydrogen (secondary N) is 2. The summed E-state index contributed by atoms with van der Waals surface area (Å²) in [6.45, 7) is 3.09. The second-order valence-corrected chi connectivity index (χ2v) is 6.68. The van der Waals surface area contributed by atoms with Gasteiger partial charge in [0.05, 0.1) is 0 Å². The number of aryl methyl sites for hydroxylation is 1. The summed E-state index contributed by atoms with van der Waals surface area (Å²) < 4.78 is 55.0. The van der Waals surface area contributed by atoms with Crippen LogP contribution in [0, 0.1) is 18.7 Å². The van der Waals surface area contributed by atoms with E-state index < -0.39 is 30.4 Å². The third-order valence-corrected chi connectivity index (χ3v) is 3.85. The number of halogens is 4. The number of amides is 2. The van der Waals surface area contributed by atoms with Gasteiger partial charge in [-0.15, -0.1) is 0 Å². The van der Waals surface area contributed by atoms with Gasteiger partial charge in [-0.05, 0) is 30.7 Å². The zero-order chi connectivity index (χ0) is 22.5. The molecule has 0 aliphatic carbocycles. The van der Waals surface area contributed by atoms with E-state index in [1.807, 2.05) is 0 Å². The van der Waals surface area contributed by atoms with Crippen LogP contribution >= 0.6 is 0 Å². The van der Waals surface area contributed by atoms with E-state index in [1.54, 1.807) is 13.8 Å². The Hall–Kier alpha value is -3.24. The smallest absolute Gasteiger partial charge is 0.422 e. The van der Waals surface area contributed by atoms with Crippen molar-refractivity contribution in [1.29, 1.82) is 0 Å². The van der Waals surface area contributed by atoms with Gasteiger partial charge in [-0.2, -0.15) is 13.2 Å². The first-order valence-corrected chi connectivity index (χ1v) is 8.87. The monoisotopic (exact) mass is 428 g/mol. The minimum Gasteiger partial charge on any atom is -0.466 e. The largest absolute Gasteiger partial charge is 0.466 e. The Morgan fingerprint density at radius 3 is 2.57 bits per heavy atom. The molecule has 2 aromatic rings. The molecule has 0 fully saturated rings. The Morgan fingerprint density at radius 1 is 1.23 bits per heavy atom. The van der Waals surface area contributed by atoms with Crippen LogP contribution in [0.15, 0.2) is 24.4 Å². The normalized spacial score (nSPS) is 11.3. The van der Waals surface area contributed by atoms with Gasteiger partial charge in [-0.1, -0.05) is 13.8 Å². The number of hydrogen-bond acceptors (Lipinski definition) is 5. The summed E-state index contributed by atoms with van der Waals surface area (Å²) in [4.78, 5) is 31.7. The van der Waals surface area contributed by atoms with Gasteiger partial charge in [0, 0.05) is 29.9 Å². The lowest BCUT2D eigenvalue weighted by molar-refractivity contribution is -0.154. The van der Waals surface area contributed by atoms with Gasteiger partial charge < -0.3 is 15.4 Å². The third-order valence-electron chi connectivity index (χ3n) is 3.85. The van der Waals surface area contributed by atoms with Crippen molar-refractivity contribution in [1.82, 2.24) is 15.3 Å². The van der Waals surface area contributed by atoms with Crippen molar-refractivity contribution in [2.45, 2.75) is 33.5 Å². The Labute approximate surface area is 169 Å². The molecule has 0 aliphatic heterocycles. The molecule has 2 aromatic heterocycles. The second-order valence-electron chi connectivity index (χ2n) is 6.68. The van der Waals surface area contributed by atoms with Gasteiger partial charge in [0.25, 0.3) is 11.8 Å². The number of carbonyl (C=O) groups is 2. The first kappa shape index (κ1) is 23.0. The van der Waals surface area contributed by atoms with Crippen molar-refractivity contribution in [3.63, 3.8) is 0 Å². The fourth-order valence-electron chi connectivity index (χ4n) is 2.22. The minimum absolute atomic E-state index is 0.121. The van der Waals surface area contributed by atoms with Crippen LogP contribution in [0.2, 0.25) is 0 Å². The average Bonchev–Trinajstić information content (AvgIpc) is 2.66. The van der Waals surface area contributed by atoms with Crippen molar-refractivity contribution in [3.8, 4) is 5.88 Å². The van der Waals surface area contributed by atoms with Crippen molar-refractivity contribution in [3.05, 3.63) is 47.0 Å². The lowest BCUT2D eigenvalue weighted by Gasteiger charge is -2.13. The molecular weight excluding hydrogens is 408 g/mol. The number of carbonyl (C=O) groups excluding carboxylic acids is 2. The SMILES string of the molecule is Cc1nc(OCC(F)(F)F)c(F)cc1CNC(=O)c1ccnc(NC(=O)C(C)C)c1. The van der Waals surface area contributed by atoms with Crippen LogP contribution in [0.3, 0.4) is 0 Å². The predicted octanol–water partition coefficient (Wildman–Crippen LogP) is 3.39. The van der Waals surface area contributed by atoms with Gasteiger partial charge in [-0.3, -0.25) is 9.59 Å². The van der Waals surface area contributed by atoms with E-state index in [0.29, 0.717) is 0 Å². The van der Waals surface area contributed by atoms with Crippen LogP contribution in [0.25, 0.3) is 0 Å². The average molecular weight is 428 g/mol. The van der Waals surface area contributed by atoms with Crippen LogP contribution in [0.5, 0.6) is 5.88 Å². The zero-order valence-electron chi connectivity index (χ0n) is 16.4. The molecule has 7 nitrogen and oxygen atoms in total. The molecule has 0 spiro atoms. The van der Waals surface area contributed by atoms with E-state index in [4.69, 9.17) is 0 Å². The maximum absolute atomic E-state index is 14.0. The molecule has 2 amide bonds. The van der Waals surface area contributed by atoms with Crippen molar-refractivity contribution in [2.24, 2.45) is 5.92 Å². The maximum Gasteiger partial charge on any atom is 0.422 e. The number of rotatable bonds is 7. The first-order chi connectivity index (χ1) is 14.0. The zero-order valence-corrected chi connectivity index (χ0v) is 16.4. The van der Waals surface area contributed by atoms with Gasteiger partial charge in [0.1, 0.15) is 5.82 Å². The van der Waals surface area contributed by atoms with Gasteiger partial charge in [0.2, 0.25) is 5.91 Å².